The van der Waals surface area contributed by atoms with E-state index in [4.69, 9.17) is 5.73 Å². The molecule has 0 bridgehead atoms. The second kappa shape index (κ2) is 4.79. The van der Waals surface area contributed by atoms with Crippen molar-refractivity contribution in [3.63, 3.8) is 0 Å². The van der Waals surface area contributed by atoms with Gasteiger partial charge in [0, 0.05) is 17.6 Å². The van der Waals surface area contributed by atoms with E-state index in [-0.39, 0.29) is 12.5 Å². The predicted octanol–water partition coefficient (Wildman–Crippen LogP) is 1.18. The Morgan fingerprint density at radius 3 is 2.95 bits per heavy atom. The fourth-order valence-electron chi connectivity index (χ4n) is 2.74. The van der Waals surface area contributed by atoms with Gasteiger partial charge in [-0.05, 0) is 31.0 Å². The molecule has 6 heteroatoms. The molecule has 1 amide bonds. The third-order valence-corrected chi connectivity index (χ3v) is 3.91. The molecule has 0 unspecified atom stereocenters. The fraction of sp³-hybridized carbons (Fsp3) is 0.429. The number of fused-ring (bicyclic) bond motifs is 1. The summed E-state index contributed by atoms with van der Waals surface area (Å²) in [6.07, 6.45) is 3.49. The Bertz CT molecular complexity index is 644. The number of amides is 1. The lowest BCUT2D eigenvalue weighted by Gasteiger charge is -2.21. The number of hydrogen-bond acceptors (Lipinski definition) is 4. The first-order valence-electron chi connectivity index (χ1n) is 6.82. The first-order valence-corrected chi connectivity index (χ1v) is 6.82. The number of carbonyl (C=O) groups excluding carboxylic acids is 1. The molecule has 6 nitrogen and oxygen atoms in total. The zero-order valence-corrected chi connectivity index (χ0v) is 11.1. The third kappa shape index (κ3) is 2.34. The molecule has 1 fully saturated rings. The molecule has 0 saturated heterocycles. The van der Waals surface area contributed by atoms with Crippen LogP contribution in [0.4, 0.5) is 5.69 Å². The molecule has 20 heavy (non-hydrogen) atoms. The quantitative estimate of drug-likeness (QED) is 0.631. The number of H-pyrrole nitrogens is 1. The summed E-state index contributed by atoms with van der Waals surface area (Å²) in [7, 11) is 0. The van der Waals surface area contributed by atoms with E-state index >= 15 is 0 Å². The van der Waals surface area contributed by atoms with Gasteiger partial charge in [0.2, 0.25) is 0 Å². The minimum absolute atomic E-state index is 0.266. The Balaban J connectivity index is 1.77. The molecule has 1 aliphatic rings. The Morgan fingerprint density at radius 2 is 2.20 bits per heavy atom. The second-order valence-electron chi connectivity index (χ2n) is 5.49. The van der Waals surface area contributed by atoms with E-state index in [1.807, 2.05) is 0 Å². The highest BCUT2D eigenvalue weighted by molar-refractivity contribution is 6.05. The normalized spacial score (nSPS) is 17.4. The van der Waals surface area contributed by atoms with Gasteiger partial charge in [-0.3, -0.25) is 9.89 Å². The van der Waals surface area contributed by atoms with Crippen LogP contribution in [0.1, 0.15) is 36.2 Å². The summed E-state index contributed by atoms with van der Waals surface area (Å²) in [6.45, 7) is 0.266. The molecule has 5 N–H and O–H groups in total. The predicted molar refractivity (Wildman–Crippen MR) is 76.3 cm³/mol. The highest BCUT2D eigenvalue weighted by atomic mass is 16.3. The van der Waals surface area contributed by atoms with Gasteiger partial charge >= 0.3 is 0 Å². The maximum absolute atomic E-state index is 12.2. The van der Waals surface area contributed by atoms with Crippen molar-refractivity contribution in [2.24, 2.45) is 0 Å². The van der Waals surface area contributed by atoms with E-state index in [2.05, 4.69) is 15.5 Å². The highest BCUT2D eigenvalue weighted by Crippen LogP contribution is 2.28. The van der Waals surface area contributed by atoms with Gasteiger partial charge in [0.05, 0.1) is 11.1 Å². The number of nitrogens with one attached hydrogen (secondary N) is 2. The van der Waals surface area contributed by atoms with E-state index in [1.165, 1.54) is 0 Å². The van der Waals surface area contributed by atoms with Gasteiger partial charge in [0.1, 0.15) is 0 Å². The molecule has 1 heterocycles. The largest absolute Gasteiger partial charge is 0.399 e. The highest BCUT2D eigenvalue weighted by Gasteiger charge is 2.31. The summed E-state index contributed by atoms with van der Waals surface area (Å²) in [5, 5.41) is 20.5. The minimum atomic E-state index is -0.763. The van der Waals surface area contributed by atoms with Crippen molar-refractivity contribution in [2.75, 3.05) is 12.3 Å². The third-order valence-electron chi connectivity index (χ3n) is 3.91. The van der Waals surface area contributed by atoms with E-state index < -0.39 is 5.60 Å². The van der Waals surface area contributed by atoms with Gasteiger partial charge in [-0.15, -0.1) is 0 Å². The number of hydrogen-bond donors (Lipinski definition) is 4. The van der Waals surface area contributed by atoms with Crippen molar-refractivity contribution in [2.45, 2.75) is 31.3 Å². The van der Waals surface area contributed by atoms with Crippen LogP contribution in [0.3, 0.4) is 0 Å². The number of benzene rings is 1. The molecule has 3 rings (SSSR count). The molecule has 0 atom stereocenters. The fourth-order valence-corrected chi connectivity index (χ4v) is 2.74. The zero-order chi connectivity index (χ0) is 14.2. The van der Waals surface area contributed by atoms with Crippen LogP contribution in [0.25, 0.3) is 10.9 Å². The summed E-state index contributed by atoms with van der Waals surface area (Å²) < 4.78 is 0. The average molecular weight is 274 g/mol. The van der Waals surface area contributed by atoms with Crippen molar-refractivity contribution >= 4 is 22.5 Å². The Labute approximate surface area is 116 Å². The topological polar surface area (TPSA) is 104 Å². The van der Waals surface area contributed by atoms with Crippen LogP contribution in [-0.4, -0.2) is 33.4 Å². The molecular formula is C14H18N4O2. The number of aliphatic hydroxyl groups is 1. The zero-order valence-electron chi connectivity index (χ0n) is 11.1. The smallest absolute Gasteiger partial charge is 0.272 e. The molecule has 0 aliphatic heterocycles. The van der Waals surface area contributed by atoms with Crippen molar-refractivity contribution in [1.29, 1.82) is 0 Å². The first-order chi connectivity index (χ1) is 9.57. The van der Waals surface area contributed by atoms with Gasteiger partial charge in [-0.25, -0.2) is 0 Å². The molecule has 106 valence electrons. The molecule has 2 aromatic rings. The lowest BCUT2D eigenvalue weighted by molar-refractivity contribution is 0.0449. The summed E-state index contributed by atoms with van der Waals surface area (Å²) in [5.74, 6) is -0.290. The lowest BCUT2D eigenvalue weighted by Crippen LogP contribution is -2.40. The number of nitrogens with zero attached hydrogens (tertiary/aromatic N) is 1. The molecule has 0 spiro atoms. The summed E-state index contributed by atoms with van der Waals surface area (Å²) in [5.41, 5.74) is 6.64. The van der Waals surface area contributed by atoms with Crippen molar-refractivity contribution in [3.8, 4) is 0 Å². The van der Waals surface area contributed by atoms with Crippen LogP contribution >= 0.6 is 0 Å². The summed E-state index contributed by atoms with van der Waals surface area (Å²) in [4.78, 5) is 12.2. The lowest BCUT2D eigenvalue weighted by atomic mass is 10.0. The van der Waals surface area contributed by atoms with E-state index in [0.717, 1.165) is 31.2 Å². The number of nitrogens with two attached hydrogens (primary N) is 1. The van der Waals surface area contributed by atoms with Crippen LogP contribution < -0.4 is 11.1 Å². The maximum Gasteiger partial charge on any atom is 0.272 e. The van der Waals surface area contributed by atoms with Crippen LogP contribution in [-0.2, 0) is 0 Å². The van der Waals surface area contributed by atoms with E-state index in [0.29, 0.717) is 16.8 Å². The Kier molecular flexibility index (Phi) is 3.10. The molecule has 1 saturated carbocycles. The Morgan fingerprint density at radius 1 is 1.45 bits per heavy atom. The monoisotopic (exact) mass is 274 g/mol. The number of rotatable bonds is 3. The second-order valence-corrected chi connectivity index (χ2v) is 5.49. The summed E-state index contributed by atoms with van der Waals surface area (Å²) >= 11 is 0. The minimum Gasteiger partial charge on any atom is -0.399 e. The van der Waals surface area contributed by atoms with E-state index in [1.54, 1.807) is 18.2 Å². The standard InChI is InChI=1S/C14H18N4O2/c15-9-3-4-11-10(7-9)12(18-17-11)13(19)16-8-14(20)5-1-2-6-14/h3-4,7,20H,1-2,5-6,8,15H2,(H,16,19)(H,17,18). The van der Waals surface area contributed by atoms with Crippen LogP contribution in [0.2, 0.25) is 0 Å². The van der Waals surface area contributed by atoms with Crippen LogP contribution in [0, 0.1) is 0 Å². The average Bonchev–Trinajstić information content (AvgIpc) is 3.03. The molecule has 1 aromatic heterocycles. The molecule has 1 aliphatic carbocycles. The van der Waals surface area contributed by atoms with Crippen molar-refractivity contribution < 1.29 is 9.90 Å². The molecular weight excluding hydrogens is 256 g/mol. The maximum atomic E-state index is 12.2. The van der Waals surface area contributed by atoms with Gasteiger partial charge in [-0.1, -0.05) is 12.8 Å². The van der Waals surface area contributed by atoms with Crippen molar-refractivity contribution in [3.05, 3.63) is 23.9 Å². The first kappa shape index (κ1) is 12.9. The number of carbonyl (C=O) groups is 1. The van der Waals surface area contributed by atoms with Crippen molar-refractivity contribution in [1.82, 2.24) is 15.5 Å². The van der Waals surface area contributed by atoms with Crippen LogP contribution in [0.5, 0.6) is 0 Å². The number of anilines is 1. The van der Waals surface area contributed by atoms with Gasteiger partial charge in [0.15, 0.2) is 5.69 Å². The van der Waals surface area contributed by atoms with Gasteiger partial charge < -0.3 is 16.2 Å². The molecule has 0 radical (unpaired) electrons. The number of aromatic amines is 1. The van der Waals surface area contributed by atoms with Crippen LogP contribution in [0.15, 0.2) is 18.2 Å². The summed E-state index contributed by atoms with van der Waals surface area (Å²) in [6, 6.07) is 5.26. The number of nitrogen functional groups attached to an aromatic ring is 1. The molecule has 1 aromatic carbocycles. The SMILES string of the molecule is Nc1ccc2[nH]nc(C(=O)NCC3(O)CCCC3)c2c1. The van der Waals surface area contributed by atoms with Gasteiger partial charge in [0.25, 0.3) is 5.91 Å². The van der Waals surface area contributed by atoms with Gasteiger partial charge in [-0.2, -0.15) is 5.10 Å². The Hall–Kier alpha value is -2.08. The van der Waals surface area contributed by atoms with E-state index in [9.17, 15) is 9.90 Å². The number of aromatic nitrogens is 2.